The summed E-state index contributed by atoms with van der Waals surface area (Å²) in [5, 5.41) is 12.3. The molecule has 1 unspecified atom stereocenters. The normalized spacial score (nSPS) is 23.3. The zero-order valence-electron chi connectivity index (χ0n) is 11.2. The standard InChI is InChI=1S/C14H19FN2O2/c1-14(2)8-16-11(7-18)13(19)17(9-14)12-6-4-3-5-10(12)15/h3-6,11,16,18H,7-9H2,1-2H3. The topological polar surface area (TPSA) is 52.6 Å². The maximum absolute atomic E-state index is 13.9. The van der Waals surface area contributed by atoms with Crippen molar-refractivity contribution in [1.82, 2.24) is 5.32 Å². The van der Waals surface area contributed by atoms with Gasteiger partial charge in [0.2, 0.25) is 5.91 Å². The van der Waals surface area contributed by atoms with Gasteiger partial charge in [0.1, 0.15) is 11.9 Å². The maximum atomic E-state index is 13.9. The van der Waals surface area contributed by atoms with Gasteiger partial charge in [-0.2, -0.15) is 0 Å². The monoisotopic (exact) mass is 266 g/mol. The molecule has 1 atom stereocenters. The van der Waals surface area contributed by atoms with Crippen molar-refractivity contribution in [3.8, 4) is 0 Å². The Bertz CT molecular complexity index is 476. The highest BCUT2D eigenvalue weighted by atomic mass is 19.1. The summed E-state index contributed by atoms with van der Waals surface area (Å²) in [7, 11) is 0. The maximum Gasteiger partial charge on any atom is 0.246 e. The number of aliphatic hydroxyl groups is 1. The van der Waals surface area contributed by atoms with Crippen LogP contribution < -0.4 is 10.2 Å². The van der Waals surface area contributed by atoms with Crippen LogP contribution in [-0.4, -0.2) is 36.8 Å². The van der Waals surface area contributed by atoms with Gasteiger partial charge in [0, 0.05) is 13.1 Å². The average molecular weight is 266 g/mol. The molecule has 1 heterocycles. The van der Waals surface area contributed by atoms with E-state index in [1.165, 1.54) is 11.0 Å². The number of hydrogen-bond donors (Lipinski definition) is 2. The molecule has 4 nitrogen and oxygen atoms in total. The van der Waals surface area contributed by atoms with E-state index in [1.54, 1.807) is 18.2 Å². The number of benzene rings is 1. The summed E-state index contributed by atoms with van der Waals surface area (Å²) in [5.74, 6) is -0.719. The van der Waals surface area contributed by atoms with Crippen LogP contribution in [0.4, 0.5) is 10.1 Å². The van der Waals surface area contributed by atoms with Crippen LogP contribution in [0.5, 0.6) is 0 Å². The minimum atomic E-state index is -0.679. The van der Waals surface area contributed by atoms with Crippen LogP contribution in [-0.2, 0) is 4.79 Å². The van der Waals surface area contributed by atoms with Gasteiger partial charge < -0.3 is 15.3 Å². The molecule has 5 heteroatoms. The van der Waals surface area contributed by atoms with Crippen molar-refractivity contribution in [3.63, 3.8) is 0 Å². The molecular weight excluding hydrogens is 247 g/mol. The number of para-hydroxylation sites is 1. The predicted molar refractivity (Wildman–Crippen MR) is 71.4 cm³/mol. The third kappa shape index (κ3) is 2.93. The second-order valence-electron chi connectivity index (χ2n) is 5.66. The van der Waals surface area contributed by atoms with Gasteiger partial charge in [-0.05, 0) is 17.5 Å². The first-order chi connectivity index (χ1) is 8.94. The molecule has 1 amide bonds. The van der Waals surface area contributed by atoms with E-state index in [2.05, 4.69) is 5.32 Å². The van der Waals surface area contributed by atoms with Gasteiger partial charge in [0.25, 0.3) is 0 Å². The number of nitrogens with one attached hydrogen (secondary N) is 1. The Kier molecular flexibility index (Phi) is 3.87. The molecule has 1 aromatic rings. The summed E-state index contributed by atoms with van der Waals surface area (Å²) in [6, 6.07) is 5.53. The van der Waals surface area contributed by atoms with Crippen molar-refractivity contribution >= 4 is 11.6 Å². The molecule has 19 heavy (non-hydrogen) atoms. The molecule has 1 saturated heterocycles. The van der Waals surface area contributed by atoms with Crippen LogP contribution in [0.3, 0.4) is 0 Å². The number of rotatable bonds is 2. The third-order valence-electron chi connectivity index (χ3n) is 3.30. The molecule has 104 valence electrons. The second kappa shape index (κ2) is 5.27. The van der Waals surface area contributed by atoms with Gasteiger partial charge in [-0.3, -0.25) is 4.79 Å². The lowest BCUT2D eigenvalue weighted by atomic mass is 9.93. The van der Waals surface area contributed by atoms with Gasteiger partial charge in [-0.25, -0.2) is 4.39 Å². The lowest BCUT2D eigenvalue weighted by Gasteiger charge is -2.29. The van der Waals surface area contributed by atoms with Crippen molar-refractivity contribution in [3.05, 3.63) is 30.1 Å². The van der Waals surface area contributed by atoms with Crippen LogP contribution in [0.1, 0.15) is 13.8 Å². The van der Waals surface area contributed by atoms with Crippen molar-refractivity contribution in [2.75, 3.05) is 24.6 Å². The Hall–Kier alpha value is -1.46. The first-order valence-corrected chi connectivity index (χ1v) is 6.35. The van der Waals surface area contributed by atoms with E-state index in [0.717, 1.165) is 0 Å². The smallest absolute Gasteiger partial charge is 0.246 e. The second-order valence-corrected chi connectivity index (χ2v) is 5.66. The minimum Gasteiger partial charge on any atom is -0.394 e. The summed E-state index contributed by atoms with van der Waals surface area (Å²) in [4.78, 5) is 13.8. The van der Waals surface area contributed by atoms with Gasteiger partial charge >= 0.3 is 0 Å². The van der Waals surface area contributed by atoms with Gasteiger partial charge in [0.15, 0.2) is 0 Å². The Morgan fingerprint density at radius 2 is 2.16 bits per heavy atom. The van der Waals surface area contributed by atoms with Crippen molar-refractivity contribution in [2.45, 2.75) is 19.9 Å². The van der Waals surface area contributed by atoms with Crippen LogP contribution in [0.2, 0.25) is 0 Å². The molecule has 0 saturated carbocycles. The fourth-order valence-corrected chi connectivity index (χ4v) is 2.25. The van der Waals surface area contributed by atoms with Crippen LogP contribution in [0, 0.1) is 11.2 Å². The molecule has 1 aromatic carbocycles. The number of hydrogen-bond acceptors (Lipinski definition) is 3. The molecule has 1 aliphatic heterocycles. The average Bonchev–Trinajstić information content (AvgIpc) is 2.47. The third-order valence-corrected chi connectivity index (χ3v) is 3.30. The molecule has 0 aliphatic carbocycles. The number of anilines is 1. The Labute approximate surface area is 112 Å². The summed E-state index contributed by atoms with van der Waals surface area (Å²) in [6.45, 7) is 4.72. The van der Waals surface area contributed by atoms with Crippen molar-refractivity contribution in [1.29, 1.82) is 0 Å². The molecule has 1 aliphatic rings. The lowest BCUT2D eigenvalue weighted by molar-refractivity contribution is -0.121. The summed E-state index contributed by atoms with van der Waals surface area (Å²) < 4.78 is 13.9. The summed E-state index contributed by atoms with van der Waals surface area (Å²) in [5.41, 5.74) is 0.0738. The van der Waals surface area contributed by atoms with Gasteiger partial charge in [-0.15, -0.1) is 0 Å². The quantitative estimate of drug-likeness (QED) is 0.844. The number of carbonyl (C=O) groups is 1. The first kappa shape index (κ1) is 14.0. The molecule has 0 spiro atoms. The zero-order chi connectivity index (χ0) is 14.0. The molecular formula is C14H19FN2O2. The minimum absolute atomic E-state index is 0.193. The van der Waals surface area contributed by atoms with E-state index in [0.29, 0.717) is 13.1 Å². The highest BCUT2D eigenvalue weighted by Gasteiger charge is 2.35. The fourth-order valence-electron chi connectivity index (χ4n) is 2.25. The highest BCUT2D eigenvalue weighted by molar-refractivity contribution is 5.97. The van der Waals surface area contributed by atoms with Crippen molar-refractivity contribution < 1.29 is 14.3 Å². The van der Waals surface area contributed by atoms with E-state index in [1.807, 2.05) is 13.8 Å². The Balaban J connectivity index is 2.40. The Morgan fingerprint density at radius 1 is 1.47 bits per heavy atom. The molecule has 2 rings (SSSR count). The van der Waals surface area contributed by atoms with E-state index >= 15 is 0 Å². The van der Waals surface area contributed by atoms with Crippen molar-refractivity contribution in [2.24, 2.45) is 5.41 Å². The van der Waals surface area contributed by atoms with Gasteiger partial charge in [0.05, 0.1) is 12.3 Å². The summed E-state index contributed by atoms with van der Waals surface area (Å²) >= 11 is 0. The highest BCUT2D eigenvalue weighted by Crippen LogP contribution is 2.27. The number of carbonyl (C=O) groups excluding carboxylic acids is 1. The molecule has 2 N–H and O–H groups in total. The Morgan fingerprint density at radius 3 is 2.79 bits per heavy atom. The van der Waals surface area contributed by atoms with E-state index < -0.39 is 11.9 Å². The number of halogens is 1. The fraction of sp³-hybridized carbons (Fsp3) is 0.500. The lowest BCUT2D eigenvalue weighted by Crippen LogP contribution is -2.46. The number of aliphatic hydroxyl groups excluding tert-OH is 1. The number of amides is 1. The van der Waals surface area contributed by atoms with Crippen LogP contribution >= 0.6 is 0 Å². The zero-order valence-corrected chi connectivity index (χ0v) is 11.2. The van der Waals surface area contributed by atoms with E-state index in [4.69, 9.17) is 0 Å². The van der Waals surface area contributed by atoms with E-state index in [9.17, 15) is 14.3 Å². The van der Waals surface area contributed by atoms with Gasteiger partial charge in [-0.1, -0.05) is 26.0 Å². The SMILES string of the molecule is CC1(C)CNC(CO)C(=O)N(c2ccccc2F)C1. The molecule has 0 radical (unpaired) electrons. The molecule has 0 aromatic heterocycles. The van der Waals surface area contributed by atoms with Crippen LogP contribution in [0.15, 0.2) is 24.3 Å². The predicted octanol–water partition coefficient (Wildman–Crippen LogP) is 1.15. The molecule has 0 bridgehead atoms. The largest absolute Gasteiger partial charge is 0.394 e. The van der Waals surface area contributed by atoms with Crippen LogP contribution in [0.25, 0.3) is 0 Å². The summed E-state index contributed by atoms with van der Waals surface area (Å²) in [6.07, 6.45) is 0. The first-order valence-electron chi connectivity index (χ1n) is 6.35. The van der Waals surface area contributed by atoms with E-state index in [-0.39, 0.29) is 23.6 Å². The number of nitrogens with zero attached hydrogens (tertiary/aromatic N) is 1. The molecule has 1 fully saturated rings.